The van der Waals surface area contributed by atoms with Crippen LogP contribution in [-0.4, -0.2) is 43.9 Å². The molecule has 0 atom stereocenters. The summed E-state index contributed by atoms with van der Waals surface area (Å²) < 4.78 is 28.1. The summed E-state index contributed by atoms with van der Waals surface area (Å²) in [6, 6.07) is 3.42. The van der Waals surface area contributed by atoms with Crippen molar-refractivity contribution in [2.24, 2.45) is 0 Å². The lowest BCUT2D eigenvalue weighted by Crippen LogP contribution is -2.48. The fraction of sp³-hybridized carbons (Fsp3) is 0.500. The molecule has 0 aliphatic carbocycles. The second kappa shape index (κ2) is 4.99. The van der Waals surface area contributed by atoms with Gasteiger partial charge >= 0.3 is 10.2 Å². The molecule has 1 aromatic heterocycles. The Morgan fingerprint density at radius 2 is 2.12 bits per heavy atom. The number of nitrogens with one attached hydrogen (secondary N) is 2. The predicted octanol–water partition coefficient (Wildman–Crippen LogP) is -0.0481. The third kappa shape index (κ3) is 2.93. The number of anilines is 1. The summed E-state index contributed by atoms with van der Waals surface area (Å²) >= 11 is 0. The fourth-order valence-corrected chi connectivity index (χ4v) is 2.97. The van der Waals surface area contributed by atoms with Crippen molar-refractivity contribution in [1.29, 1.82) is 0 Å². The third-order valence-corrected chi connectivity index (χ3v) is 4.18. The molecule has 2 rings (SSSR count). The van der Waals surface area contributed by atoms with Crippen LogP contribution in [0.25, 0.3) is 0 Å². The zero-order chi connectivity index (χ0) is 12.3. The molecule has 1 saturated heterocycles. The van der Waals surface area contributed by atoms with Crippen molar-refractivity contribution in [3.63, 3.8) is 0 Å². The molecule has 17 heavy (non-hydrogen) atoms. The van der Waals surface area contributed by atoms with Crippen LogP contribution in [0.15, 0.2) is 18.3 Å². The number of hydrogen-bond donors (Lipinski definition) is 2. The van der Waals surface area contributed by atoms with E-state index in [-0.39, 0.29) is 0 Å². The number of hydrogen-bond acceptors (Lipinski definition) is 4. The van der Waals surface area contributed by atoms with Crippen LogP contribution in [-0.2, 0) is 10.2 Å². The monoisotopic (exact) mass is 256 g/mol. The highest BCUT2D eigenvalue weighted by atomic mass is 32.2. The summed E-state index contributed by atoms with van der Waals surface area (Å²) in [6.45, 7) is 4.14. The second-order valence-corrected chi connectivity index (χ2v) is 5.56. The molecule has 1 aliphatic rings. The van der Waals surface area contributed by atoms with Crippen LogP contribution in [0.2, 0.25) is 0 Å². The lowest BCUT2D eigenvalue weighted by atomic mass is 10.3. The van der Waals surface area contributed by atoms with Crippen LogP contribution < -0.4 is 10.0 Å². The molecule has 2 heterocycles. The number of aryl methyl sites for hydroxylation is 1. The van der Waals surface area contributed by atoms with E-state index in [2.05, 4.69) is 15.0 Å². The van der Waals surface area contributed by atoms with E-state index in [0.717, 1.165) is 0 Å². The van der Waals surface area contributed by atoms with Gasteiger partial charge in [-0.1, -0.05) is 0 Å². The van der Waals surface area contributed by atoms with Gasteiger partial charge in [0.2, 0.25) is 0 Å². The molecule has 0 radical (unpaired) electrons. The summed E-state index contributed by atoms with van der Waals surface area (Å²) in [5.74, 6) is 0. The number of nitrogens with zero attached hydrogens (tertiary/aromatic N) is 2. The third-order valence-electron chi connectivity index (χ3n) is 2.66. The number of rotatable bonds is 3. The van der Waals surface area contributed by atoms with Crippen molar-refractivity contribution in [2.45, 2.75) is 6.92 Å². The van der Waals surface area contributed by atoms with Crippen molar-refractivity contribution in [3.8, 4) is 0 Å². The molecule has 0 aromatic carbocycles. The lowest BCUT2D eigenvalue weighted by molar-refractivity contribution is 0.362. The summed E-state index contributed by atoms with van der Waals surface area (Å²) in [5, 5.41) is 3.12. The SMILES string of the molecule is Cc1ncccc1NS(=O)(=O)N1CCNCC1. The van der Waals surface area contributed by atoms with Crippen LogP contribution in [0.3, 0.4) is 0 Å². The minimum atomic E-state index is -3.46. The molecule has 94 valence electrons. The standard InChI is InChI=1S/C10H16N4O2S/c1-9-10(3-2-4-12-9)13-17(15,16)14-7-5-11-6-8-14/h2-4,11,13H,5-8H2,1H3. The average Bonchev–Trinajstić information content (AvgIpc) is 2.33. The Morgan fingerprint density at radius 1 is 1.41 bits per heavy atom. The van der Waals surface area contributed by atoms with Gasteiger partial charge < -0.3 is 5.32 Å². The zero-order valence-corrected chi connectivity index (χ0v) is 10.5. The molecule has 6 nitrogen and oxygen atoms in total. The Balaban J connectivity index is 2.14. The van der Waals surface area contributed by atoms with E-state index in [1.807, 2.05) is 0 Å². The first-order valence-electron chi connectivity index (χ1n) is 5.50. The molecule has 0 saturated carbocycles. The quantitative estimate of drug-likeness (QED) is 0.795. The highest BCUT2D eigenvalue weighted by molar-refractivity contribution is 7.90. The molecule has 0 amide bonds. The van der Waals surface area contributed by atoms with Crippen LogP contribution in [0, 0.1) is 6.92 Å². The van der Waals surface area contributed by atoms with Gasteiger partial charge in [-0.2, -0.15) is 12.7 Å². The molecule has 0 bridgehead atoms. The van der Waals surface area contributed by atoms with Crippen LogP contribution >= 0.6 is 0 Å². The summed E-state index contributed by atoms with van der Waals surface area (Å²) in [4.78, 5) is 4.05. The van der Waals surface area contributed by atoms with E-state index in [9.17, 15) is 8.42 Å². The van der Waals surface area contributed by atoms with Gasteiger partial charge in [-0.15, -0.1) is 0 Å². The molecule has 7 heteroatoms. The first kappa shape index (κ1) is 12.3. The van der Waals surface area contributed by atoms with E-state index < -0.39 is 10.2 Å². The average molecular weight is 256 g/mol. The van der Waals surface area contributed by atoms with Gasteiger partial charge in [-0.05, 0) is 19.1 Å². The summed E-state index contributed by atoms with van der Waals surface area (Å²) in [7, 11) is -3.46. The van der Waals surface area contributed by atoms with E-state index in [4.69, 9.17) is 0 Å². The van der Waals surface area contributed by atoms with Crippen molar-refractivity contribution in [2.75, 3.05) is 30.9 Å². The maximum atomic E-state index is 12.1. The van der Waals surface area contributed by atoms with Gasteiger partial charge in [-0.25, -0.2) is 0 Å². The molecular formula is C10H16N4O2S. The van der Waals surface area contributed by atoms with Crippen molar-refractivity contribution < 1.29 is 8.42 Å². The zero-order valence-electron chi connectivity index (χ0n) is 9.68. The normalized spacial score (nSPS) is 17.9. The Kier molecular flexibility index (Phi) is 3.60. The molecule has 0 spiro atoms. The van der Waals surface area contributed by atoms with Crippen LogP contribution in [0.1, 0.15) is 5.69 Å². The molecular weight excluding hydrogens is 240 g/mol. The summed E-state index contributed by atoms with van der Waals surface area (Å²) in [6.07, 6.45) is 1.64. The van der Waals surface area contributed by atoms with Gasteiger partial charge in [0.15, 0.2) is 0 Å². The Morgan fingerprint density at radius 3 is 2.76 bits per heavy atom. The maximum Gasteiger partial charge on any atom is 0.301 e. The van der Waals surface area contributed by atoms with E-state index >= 15 is 0 Å². The molecule has 2 N–H and O–H groups in total. The highest BCUT2D eigenvalue weighted by Crippen LogP contribution is 2.14. The fourth-order valence-electron chi connectivity index (χ4n) is 1.68. The molecule has 1 aliphatic heterocycles. The van der Waals surface area contributed by atoms with Crippen LogP contribution in [0.5, 0.6) is 0 Å². The number of aromatic nitrogens is 1. The van der Waals surface area contributed by atoms with Crippen LogP contribution in [0.4, 0.5) is 5.69 Å². The Hall–Kier alpha value is -1.18. The van der Waals surface area contributed by atoms with E-state index in [1.54, 1.807) is 25.3 Å². The first-order valence-corrected chi connectivity index (χ1v) is 6.94. The summed E-state index contributed by atoms with van der Waals surface area (Å²) in [5.41, 5.74) is 1.21. The topological polar surface area (TPSA) is 74.3 Å². The Bertz CT molecular complexity index is 483. The number of pyridine rings is 1. The smallest absolute Gasteiger partial charge is 0.301 e. The van der Waals surface area contributed by atoms with E-state index in [1.165, 1.54) is 4.31 Å². The largest absolute Gasteiger partial charge is 0.314 e. The molecule has 1 fully saturated rings. The van der Waals surface area contributed by atoms with Crippen molar-refractivity contribution in [3.05, 3.63) is 24.0 Å². The minimum absolute atomic E-state index is 0.495. The highest BCUT2D eigenvalue weighted by Gasteiger charge is 2.23. The Labute approximate surface area is 101 Å². The van der Waals surface area contributed by atoms with Gasteiger partial charge in [0.25, 0.3) is 0 Å². The number of piperazine rings is 1. The first-order chi connectivity index (χ1) is 8.09. The van der Waals surface area contributed by atoms with Gasteiger partial charge in [0, 0.05) is 32.4 Å². The maximum absolute atomic E-state index is 12.1. The second-order valence-electron chi connectivity index (χ2n) is 3.89. The molecule has 0 unspecified atom stereocenters. The minimum Gasteiger partial charge on any atom is -0.314 e. The van der Waals surface area contributed by atoms with Gasteiger partial charge in [0.05, 0.1) is 11.4 Å². The van der Waals surface area contributed by atoms with Gasteiger partial charge in [0.1, 0.15) is 0 Å². The van der Waals surface area contributed by atoms with Crippen molar-refractivity contribution >= 4 is 15.9 Å². The lowest BCUT2D eigenvalue weighted by Gasteiger charge is -2.27. The van der Waals surface area contributed by atoms with Gasteiger partial charge in [-0.3, -0.25) is 9.71 Å². The van der Waals surface area contributed by atoms with Crippen molar-refractivity contribution in [1.82, 2.24) is 14.6 Å². The molecule has 1 aromatic rings. The van der Waals surface area contributed by atoms with E-state index in [0.29, 0.717) is 37.6 Å². The predicted molar refractivity (Wildman–Crippen MR) is 66.0 cm³/mol.